The molecule has 0 aliphatic rings. The summed E-state index contributed by atoms with van der Waals surface area (Å²) in [4.78, 5) is 25.2. The van der Waals surface area contributed by atoms with Crippen LogP contribution in [0.1, 0.15) is 20.9 Å². The van der Waals surface area contributed by atoms with E-state index in [1.807, 2.05) is 24.3 Å². The zero-order valence-electron chi connectivity index (χ0n) is 17.4. The molecular weight excluding hydrogens is 508 g/mol. The minimum Gasteiger partial charge on any atom is -0.494 e. The number of methoxy groups -OCH3 is 1. The van der Waals surface area contributed by atoms with Gasteiger partial charge in [-0.05, 0) is 48.5 Å². The first-order valence-corrected chi connectivity index (χ1v) is 11.0. The van der Waals surface area contributed by atoms with Gasteiger partial charge in [-0.3, -0.25) is 9.59 Å². The fourth-order valence-electron chi connectivity index (χ4n) is 3.13. The van der Waals surface area contributed by atoms with Crippen molar-refractivity contribution in [3.8, 4) is 17.1 Å². The highest BCUT2D eigenvalue weighted by molar-refractivity contribution is 9.10. The van der Waals surface area contributed by atoms with Crippen LogP contribution in [0.15, 0.2) is 87.8 Å². The van der Waals surface area contributed by atoms with E-state index in [2.05, 4.69) is 26.6 Å². The fraction of sp³-hybridized carbons (Fsp3) is 0.0400. The molecule has 2 amide bonds. The number of ether oxygens (including phenoxy) is 1. The number of benzene rings is 3. The number of anilines is 2. The van der Waals surface area contributed by atoms with Crippen LogP contribution in [0.5, 0.6) is 5.75 Å². The lowest BCUT2D eigenvalue weighted by Crippen LogP contribution is -2.14. The lowest BCUT2D eigenvalue weighted by molar-refractivity contribution is 0.0995. The number of hydrogen-bond donors (Lipinski definition) is 2. The normalized spacial score (nSPS) is 10.5. The van der Waals surface area contributed by atoms with Gasteiger partial charge in [-0.25, -0.2) is 0 Å². The number of carbonyl (C=O) groups excluding carboxylic acids is 2. The molecule has 0 bridgehead atoms. The maximum absolute atomic E-state index is 12.7. The van der Waals surface area contributed by atoms with Gasteiger partial charge >= 0.3 is 0 Å². The van der Waals surface area contributed by atoms with Crippen molar-refractivity contribution in [3.05, 3.63) is 99.7 Å². The molecule has 1 heterocycles. The number of furan rings is 1. The van der Waals surface area contributed by atoms with E-state index in [1.54, 1.807) is 54.6 Å². The molecule has 0 saturated heterocycles. The van der Waals surface area contributed by atoms with E-state index in [4.69, 9.17) is 20.8 Å². The second-order valence-corrected chi connectivity index (χ2v) is 8.30. The van der Waals surface area contributed by atoms with Crippen molar-refractivity contribution in [1.29, 1.82) is 0 Å². The summed E-state index contributed by atoms with van der Waals surface area (Å²) in [6, 6.07) is 22.6. The Kier molecular flexibility index (Phi) is 6.82. The van der Waals surface area contributed by atoms with Crippen LogP contribution in [0.3, 0.4) is 0 Å². The van der Waals surface area contributed by atoms with Gasteiger partial charge in [0.2, 0.25) is 0 Å². The summed E-state index contributed by atoms with van der Waals surface area (Å²) in [7, 11) is 1.48. The molecule has 0 aliphatic heterocycles. The number of halogens is 2. The van der Waals surface area contributed by atoms with Crippen molar-refractivity contribution >= 4 is 50.7 Å². The summed E-state index contributed by atoms with van der Waals surface area (Å²) in [6.07, 6.45) is 0. The van der Waals surface area contributed by atoms with Gasteiger partial charge in [-0.1, -0.05) is 51.8 Å². The van der Waals surface area contributed by atoms with Crippen molar-refractivity contribution in [2.24, 2.45) is 0 Å². The van der Waals surface area contributed by atoms with Crippen LogP contribution in [0.25, 0.3) is 11.3 Å². The van der Waals surface area contributed by atoms with Gasteiger partial charge in [0.25, 0.3) is 11.8 Å². The highest BCUT2D eigenvalue weighted by atomic mass is 79.9. The SMILES string of the molecule is COc1cc(NC(=O)c2ccc(-c3ccc(Br)cc3)o2)ccc1NC(=O)c1ccccc1Cl. The molecule has 0 radical (unpaired) electrons. The van der Waals surface area contributed by atoms with Crippen molar-refractivity contribution in [1.82, 2.24) is 0 Å². The molecule has 0 fully saturated rings. The topological polar surface area (TPSA) is 80.6 Å². The minimum atomic E-state index is -0.409. The standard InChI is InChI=1S/C25H18BrClN2O4/c1-32-23-14-17(10-11-20(23)29-24(30)18-4-2-3-5-19(18)27)28-25(31)22-13-12-21(33-22)15-6-8-16(26)9-7-15/h2-14H,1H3,(H,28,31)(H,29,30). The third-order valence-corrected chi connectivity index (χ3v) is 5.64. The molecule has 0 saturated carbocycles. The van der Waals surface area contributed by atoms with E-state index in [9.17, 15) is 9.59 Å². The van der Waals surface area contributed by atoms with Crippen LogP contribution >= 0.6 is 27.5 Å². The molecular formula is C25H18BrClN2O4. The van der Waals surface area contributed by atoms with Gasteiger partial charge in [0, 0.05) is 21.8 Å². The van der Waals surface area contributed by atoms with Crippen LogP contribution in [0, 0.1) is 0 Å². The predicted molar refractivity (Wildman–Crippen MR) is 132 cm³/mol. The Labute approximate surface area is 203 Å². The average Bonchev–Trinajstić information content (AvgIpc) is 3.31. The van der Waals surface area contributed by atoms with Crippen LogP contribution in [-0.4, -0.2) is 18.9 Å². The molecule has 0 aliphatic carbocycles. The van der Waals surface area contributed by atoms with Crippen molar-refractivity contribution in [3.63, 3.8) is 0 Å². The number of amides is 2. The second-order valence-electron chi connectivity index (χ2n) is 6.97. The van der Waals surface area contributed by atoms with Crippen LogP contribution in [-0.2, 0) is 0 Å². The van der Waals surface area contributed by atoms with E-state index in [1.165, 1.54) is 7.11 Å². The zero-order valence-corrected chi connectivity index (χ0v) is 19.7. The predicted octanol–water partition coefficient (Wildman–Crippen LogP) is 6.88. The molecule has 4 aromatic rings. The molecule has 6 nitrogen and oxygen atoms in total. The number of hydrogen-bond acceptors (Lipinski definition) is 4. The molecule has 3 aromatic carbocycles. The number of carbonyl (C=O) groups is 2. The quantitative estimate of drug-likeness (QED) is 0.288. The fourth-order valence-corrected chi connectivity index (χ4v) is 3.62. The molecule has 8 heteroatoms. The summed E-state index contributed by atoms with van der Waals surface area (Å²) in [5.74, 6) is 0.356. The lowest BCUT2D eigenvalue weighted by atomic mass is 10.2. The van der Waals surface area contributed by atoms with Crippen LogP contribution < -0.4 is 15.4 Å². The first kappa shape index (κ1) is 22.6. The highest BCUT2D eigenvalue weighted by Crippen LogP contribution is 2.30. The summed E-state index contributed by atoms with van der Waals surface area (Å²) in [6.45, 7) is 0. The summed E-state index contributed by atoms with van der Waals surface area (Å²) in [5, 5.41) is 5.89. The maximum atomic E-state index is 12.7. The zero-order chi connectivity index (χ0) is 23.4. The van der Waals surface area contributed by atoms with E-state index < -0.39 is 5.91 Å². The summed E-state index contributed by atoms with van der Waals surface area (Å²) < 4.78 is 12.0. The van der Waals surface area contributed by atoms with Crippen LogP contribution in [0.2, 0.25) is 5.02 Å². The van der Waals surface area contributed by atoms with E-state index in [0.717, 1.165) is 10.0 Å². The largest absolute Gasteiger partial charge is 0.494 e. The Hall–Kier alpha value is -3.55. The van der Waals surface area contributed by atoms with E-state index >= 15 is 0 Å². The second kappa shape index (κ2) is 9.94. The Bertz CT molecular complexity index is 1320. The van der Waals surface area contributed by atoms with Crippen LogP contribution in [0.4, 0.5) is 11.4 Å². The molecule has 0 spiro atoms. The summed E-state index contributed by atoms with van der Waals surface area (Å²) in [5.41, 5.74) is 2.13. The Morgan fingerprint density at radius 3 is 2.39 bits per heavy atom. The Balaban J connectivity index is 1.48. The van der Waals surface area contributed by atoms with Gasteiger partial charge in [0.1, 0.15) is 11.5 Å². The monoisotopic (exact) mass is 524 g/mol. The number of nitrogens with one attached hydrogen (secondary N) is 2. The molecule has 1 aromatic heterocycles. The smallest absolute Gasteiger partial charge is 0.291 e. The highest BCUT2D eigenvalue weighted by Gasteiger charge is 2.16. The minimum absolute atomic E-state index is 0.169. The first-order valence-electron chi connectivity index (χ1n) is 9.85. The van der Waals surface area contributed by atoms with Crippen molar-refractivity contribution < 1.29 is 18.7 Å². The molecule has 33 heavy (non-hydrogen) atoms. The van der Waals surface area contributed by atoms with E-state index in [0.29, 0.717) is 33.5 Å². The Morgan fingerprint density at radius 1 is 0.909 bits per heavy atom. The molecule has 2 N–H and O–H groups in total. The van der Waals surface area contributed by atoms with Crippen molar-refractivity contribution in [2.45, 2.75) is 0 Å². The third-order valence-electron chi connectivity index (χ3n) is 4.78. The maximum Gasteiger partial charge on any atom is 0.291 e. The van der Waals surface area contributed by atoms with Crippen molar-refractivity contribution in [2.75, 3.05) is 17.7 Å². The summed E-state index contributed by atoms with van der Waals surface area (Å²) >= 11 is 9.49. The Morgan fingerprint density at radius 2 is 1.67 bits per heavy atom. The molecule has 166 valence electrons. The van der Waals surface area contributed by atoms with Gasteiger partial charge in [-0.2, -0.15) is 0 Å². The lowest BCUT2D eigenvalue weighted by Gasteiger charge is -2.13. The van der Waals surface area contributed by atoms with Gasteiger partial charge in [0.05, 0.1) is 23.4 Å². The first-order chi connectivity index (χ1) is 15.9. The number of rotatable bonds is 6. The van der Waals surface area contributed by atoms with Gasteiger partial charge < -0.3 is 19.8 Å². The van der Waals surface area contributed by atoms with E-state index in [-0.39, 0.29) is 11.7 Å². The van der Waals surface area contributed by atoms with Gasteiger partial charge in [-0.15, -0.1) is 0 Å². The molecule has 4 rings (SSSR count). The molecule has 0 unspecified atom stereocenters. The molecule has 0 atom stereocenters. The average molecular weight is 526 g/mol. The van der Waals surface area contributed by atoms with Gasteiger partial charge in [0.15, 0.2) is 5.76 Å². The third kappa shape index (κ3) is 5.27.